The van der Waals surface area contributed by atoms with Gasteiger partial charge >= 0.3 is 0 Å². The van der Waals surface area contributed by atoms with Crippen LogP contribution in [0.3, 0.4) is 0 Å². The lowest BCUT2D eigenvalue weighted by Crippen LogP contribution is -2.31. The lowest BCUT2D eigenvalue weighted by atomic mass is 9.99. The number of imide groups is 1. The number of nitrogens with one attached hydrogen (secondary N) is 1. The zero-order chi connectivity index (χ0) is 18.5. The first-order valence-electron chi connectivity index (χ1n) is 8.89. The first kappa shape index (κ1) is 15.7. The summed E-state index contributed by atoms with van der Waals surface area (Å²) >= 11 is 0. The molecule has 3 aromatic rings. The number of aromatic nitrogens is 3. The number of amides is 2. The minimum Gasteiger partial charge on any atom is -0.352 e. The van der Waals surface area contributed by atoms with E-state index in [0.29, 0.717) is 17.1 Å². The molecule has 0 aliphatic carbocycles. The van der Waals surface area contributed by atoms with Gasteiger partial charge in [0.2, 0.25) is 5.95 Å². The molecule has 0 unspecified atom stereocenters. The summed E-state index contributed by atoms with van der Waals surface area (Å²) in [7, 11) is 0. The van der Waals surface area contributed by atoms with E-state index in [4.69, 9.17) is 0 Å². The van der Waals surface area contributed by atoms with Crippen LogP contribution in [0.1, 0.15) is 45.7 Å². The number of fused-ring (bicyclic) bond motifs is 2. The van der Waals surface area contributed by atoms with Gasteiger partial charge in [0.1, 0.15) is 0 Å². The Hall–Kier alpha value is -3.48. The number of nitrogens with zero attached hydrogens (tertiary/aromatic N) is 4. The van der Waals surface area contributed by atoms with Gasteiger partial charge in [0.25, 0.3) is 17.8 Å². The summed E-state index contributed by atoms with van der Waals surface area (Å²) < 4.78 is 1.77. The third-order valence-electron chi connectivity index (χ3n) is 5.05. The highest BCUT2D eigenvalue weighted by molar-refractivity contribution is 6.33. The van der Waals surface area contributed by atoms with Gasteiger partial charge in [-0.15, -0.1) is 5.10 Å². The quantitative estimate of drug-likeness (QED) is 0.712. The highest BCUT2D eigenvalue weighted by Gasteiger charge is 2.40. The Kier molecular flexibility index (Phi) is 3.36. The van der Waals surface area contributed by atoms with Crippen LogP contribution in [0, 0.1) is 0 Å². The van der Waals surface area contributed by atoms with E-state index in [-0.39, 0.29) is 29.8 Å². The molecule has 0 saturated carbocycles. The van der Waals surface area contributed by atoms with Crippen LogP contribution < -0.4 is 10.2 Å². The maximum atomic E-state index is 12.7. The van der Waals surface area contributed by atoms with E-state index in [1.807, 2.05) is 18.2 Å². The molecule has 0 bridgehead atoms. The summed E-state index contributed by atoms with van der Waals surface area (Å²) in [6.45, 7) is 2.08. The topological polar surface area (TPSA) is 80.1 Å². The van der Waals surface area contributed by atoms with Crippen LogP contribution in [-0.4, -0.2) is 32.6 Å². The third kappa shape index (κ3) is 2.35. The monoisotopic (exact) mass is 359 g/mol. The Morgan fingerprint density at radius 3 is 2.26 bits per heavy atom. The molecule has 0 radical (unpaired) electrons. The second-order valence-electron chi connectivity index (χ2n) is 6.88. The molecule has 2 aromatic carbocycles. The van der Waals surface area contributed by atoms with E-state index in [2.05, 4.69) is 34.5 Å². The maximum Gasteiger partial charge on any atom is 0.268 e. The lowest BCUT2D eigenvalue weighted by Gasteiger charge is -2.29. The first-order valence-corrected chi connectivity index (χ1v) is 8.89. The fraction of sp³-hybridized carbons (Fsp3) is 0.200. The van der Waals surface area contributed by atoms with Crippen molar-refractivity contribution in [2.24, 2.45) is 0 Å². The van der Waals surface area contributed by atoms with Crippen LogP contribution in [0.5, 0.6) is 0 Å². The SMILES string of the molecule is C[C@H]1C[C@H](c2ccccc2)n2nc(N3C(=O)c4ccccc4C3=O)nc2N1. The average Bonchev–Trinajstić information content (AvgIpc) is 3.21. The molecule has 7 heteroatoms. The van der Waals surface area contributed by atoms with Gasteiger partial charge in [0.15, 0.2) is 0 Å². The number of hydrogen-bond acceptors (Lipinski definition) is 5. The molecule has 27 heavy (non-hydrogen) atoms. The van der Waals surface area contributed by atoms with E-state index in [0.717, 1.165) is 16.9 Å². The lowest BCUT2D eigenvalue weighted by molar-refractivity contribution is 0.0923. The Morgan fingerprint density at radius 1 is 0.963 bits per heavy atom. The summed E-state index contributed by atoms with van der Waals surface area (Å²) in [6.07, 6.45) is 0.835. The van der Waals surface area contributed by atoms with Gasteiger partial charge in [-0.25, -0.2) is 9.58 Å². The fourth-order valence-corrected chi connectivity index (χ4v) is 3.76. The maximum absolute atomic E-state index is 12.7. The molecule has 2 aliphatic rings. The van der Waals surface area contributed by atoms with Crippen LogP contribution in [0.15, 0.2) is 54.6 Å². The standard InChI is InChI=1S/C20H17N5O2/c1-12-11-16(13-7-3-2-4-8-13)25-19(21-12)22-20(23-25)24-17(26)14-9-5-6-10-15(14)18(24)27/h2-10,12,16H,11H2,1H3,(H,21,22,23)/t12-,16+/m0/s1. The van der Waals surface area contributed by atoms with E-state index >= 15 is 0 Å². The van der Waals surface area contributed by atoms with Crippen molar-refractivity contribution in [3.8, 4) is 0 Å². The minimum absolute atomic E-state index is 0.00566. The van der Waals surface area contributed by atoms with Gasteiger partial charge in [-0.2, -0.15) is 4.98 Å². The number of carbonyl (C=O) groups excluding carboxylic acids is 2. The summed E-state index contributed by atoms with van der Waals surface area (Å²) in [5.74, 6) is -0.0985. The summed E-state index contributed by atoms with van der Waals surface area (Å²) in [4.78, 5) is 31.0. The van der Waals surface area contributed by atoms with E-state index in [9.17, 15) is 9.59 Å². The van der Waals surface area contributed by atoms with Gasteiger partial charge < -0.3 is 5.32 Å². The summed E-state index contributed by atoms with van der Waals surface area (Å²) in [5, 5.41) is 7.83. The third-order valence-corrected chi connectivity index (χ3v) is 5.05. The Balaban J connectivity index is 1.58. The molecular formula is C20H17N5O2. The normalized spacial score (nSPS) is 21.0. The van der Waals surface area contributed by atoms with Crippen LogP contribution >= 0.6 is 0 Å². The number of rotatable bonds is 2. The largest absolute Gasteiger partial charge is 0.352 e. The molecule has 0 spiro atoms. The Bertz CT molecular complexity index is 1020. The number of carbonyl (C=O) groups is 2. The molecule has 134 valence electrons. The number of anilines is 2. The summed E-state index contributed by atoms with van der Waals surface area (Å²) in [6, 6.07) is 17.0. The highest BCUT2D eigenvalue weighted by atomic mass is 16.2. The van der Waals surface area contributed by atoms with Gasteiger partial charge in [-0.05, 0) is 31.0 Å². The van der Waals surface area contributed by atoms with Gasteiger partial charge in [-0.1, -0.05) is 42.5 Å². The van der Waals surface area contributed by atoms with E-state index < -0.39 is 0 Å². The van der Waals surface area contributed by atoms with Gasteiger partial charge in [0.05, 0.1) is 17.2 Å². The van der Waals surface area contributed by atoms with Crippen molar-refractivity contribution in [2.75, 3.05) is 10.2 Å². The van der Waals surface area contributed by atoms with Crippen molar-refractivity contribution < 1.29 is 9.59 Å². The molecule has 3 heterocycles. The van der Waals surface area contributed by atoms with Crippen molar-refractivity contribution >= 4 is 23.7 Å². The second kappa shape index (κ2) is 5.77. The molecule has 0 fully saturated rings. The Labute approximate surface area is 155 Å². The van der Waals surface area contributed by atoms with Crippen LogP contribution in [0.4, 0.5) is 11.9 Å². The van der Waals surface area contributed by atoms with Crippen LogP contribution in [0.2, 0.25) is 0 Å². The van der Waals surface area contributed by atoms with Crippen LogP contribution in [0.25, 0.3) is 0 Å². The van der Waals surface area contributed by atoms with Crippen molar-refractivity contribution in [3.05, 3.63) is 71.3 Å². The fourth-order valence-electron chi connectivity index (χ4n) is 3.76. The first-order chi connectivity index (χ1) is 13.1. The molecule has 1 N–H and O–H groups in total. The molecule has 5 rings (SSSR count). The molecule has 2 aliphatic heterocycles. The highest BCUT2D eigenvalue weighted by Crippen LogP contribution is 2.34. The zero-order valence-electron chi connectivity index (χ0n) is 14.7. The van der Waals surface area contributed by atoms with Crippen molar-refractivity contribution in [1.29, 1.82) is 0 Å². The molecule has 0 saturated heterocycles. The predicted molar refractivity (Wildman–Crippen MR) is 99.9 cm³/mol. The average molecular weight is 359 g/mol. The smallest absolute Gasteiger partial charge is 0.268 e. The van der Waals surface area contributed by atoms with Crippen LogP contribution in [-0.2, 0) is 0 Å². The molecule has 1 aromatic heterocycles. The van der Waals surface area contributed by atoms with E-state index in [1.54, 1.807) is 28.9 Å². The predicted octanol–water partition coefficient (Wildman–Crippen LogP) is 2.87. The number of benzene rings is 2. The molecule has 7 nitrogen and oxygen atoms in total. The molecule has 2 atom stereocenters. The van der Waals surface area contributed by atoms with E-state index in [1.165, 1.54) is 0 Å². The molecular weight excluding hydrogens is 342 g/mol. The van der Waals surface area contributed by atoms with Crippen molar-refractivity contribution in [3.63, 3.8) is 0 Å². The second-order valence-corrected chi connectivity index (χ2v) is 6.88. The zero-order valence-corrected chi connectivity index (χ0v) is 14.7. The van der Waals surface area contributed by atoms with Gasteiger partial charge in [-0.3, -0.25) is 9.59 Å². The molecule has 2 amide bonds. The van der Waals surface area contributed by atoms with Crippen molar-refractivity contribution in [1.82, 2.24) is 14.8 Å². The van der Waals surface area contributed by atoms with Gasteiger partial charge in [0, 0.05) is 6.04 Å². The Morgan fingerprint density at radius 2 is 1.59 bits per heavy atom. The van der Waals surface area contributed by atoms with Crippen molar-refractivity contribution in [2.45, 2.75) is 25.4 Å². The summed E-state index contributed by atoms with van der Waals surface area (Å²) in [5.41, 5.74) is 1.89. The number of hydrogen-bond donors (Lipinski definition) is 1. The minimum atomic E-state index is -0.386.